The van der Waals surface area contributed by atoms with Crippen molar-refractivity contribution in [1.29, 1.82) is 0 Å². The maximum Gasteiger partial charge on any atom is 0.308 e. The van der Waals surface area contributed by atoms with Crippen LogP contribution in [0.3, 0.4) is 0 Å². The molecule has 2 rings (SSSR count). The molecule has 2 fully saturated rings. The summed E-state index contributed by atoms with van der Waals surface area (Å²) in [7, 11) is 0. The fourth-order valence-electron chi connectivity index (χ4n) is 3.42. The number of aliphatic carboxylic acids is 1. The Bertz CT molecular complexity index is 259. The maximum absolute atomic E-state index is 11.1. The monoisotopic (exact) mass is 239 g/mol. The summed E-state index contributed by atoms with van der Waals surface area (Å²) in [6, 6.07) is 0.655. The number of carboxylic acids is 1. The lowest BCUT2D eigenvalue weighted by molar-refractivity contribution is -0.142. The molecule has 0 amide bonds. The highest BCUT2D eigenvalue weighted by molar-refractivity contribution is 5.71. The average molecular weight is 239 g/mol. The summed E-state index contributed by atoms with van der Waals surface area (Å²) >= 11 is 0. The normalized spacial score (nSPS) is 33.2. The average Bonchev–Trinajstić information content (AvgIpc) is 2.59. The van der Waals surface area contributed by atoms with E-state index in [1.165, 1.54) is 44.9 Å². The summed E-state index contributed by atoms with van der Waals surface area (Å²) in [5, 5.41) is 9.17. The molecule has 0 bridgehead atoms. The molecule has 2 unspecified atom stereocenters. The summed E-state index contributed by atoms with van der Waals surface area (Å²) in [6.45, 7) is 3.85. The van der Waals surface area contributed by atoms with Crippen LogP contribution in [0.4, 0.5) is 0 Å². The second-order valence-corrected chi connectivity index (χ2v) is 5.87. The molecule has 0 radical (unpaired) electrons. The van der Waals surface area contributed by atoms with E-state index in [-0.39, 0.29) is 5.92 Å². The van der Waals surface area contributed by atoms with Gasteiger partial charge in [0.05, 0.1) is 5.92 Å². The first-order chi connectivity index (χ1) is 8.18. The smallest absolute Gasteiger partial charge is 0.308 e. The highest BCUT2D eigenvalue weighted by atomic mass is 16.4. The molecule has 1 aliphatic heterocycles. The molecular weight excluding hydrogens is 214 g/mol. The fraction of sp³-hybridized carbons (Fsp3) is 0.929. The van der Waals surface area contributed by atoms with Gasteiger partial charge in [-0.25, -0.2) is 0 Å². The van der Waals surface area contributed by atoms with Gasteiger partial charge in [-0.2, -0.15) is 0 Å². The molecule has 17 heavy (non-hydrogen) atoms. The predicted molar refractivity (Wildman–Crippen MR) is 68.0 cm³/mol. The number of nitrogens with zero attached hydrogens (tertiary/aromatic N) is 1. The van der Waals surface area contributed by atoms with Gasteiger partial charge in [0.25, 0.3) is 0 Å². The Morgan fingerprint density at radius 3 is 2.18 bits per heavy atom. The molecule has 1 heterocycles. The van der Waals surface area contributed by atoms with Gasteiger partial charge in [0.2, 0.25) is 0 Å². The van der Waals surface area contributed by atoms with E-state index in [9.17, 15) is 9.90 Å². The van der Waals surface area contributed by atoms with Crippen molar-refractivity contribution < 1.29 is 9.90 Å². The van der Waals surface area contributed by atoms with Gasteiger partial charge in [0.15, 0.2) is 0 Å². The van der Waals surface area contributed by atoms with Gasteiger partial charge in [-0.1, -0.05) is 39.0 Å². The Morgan fingerprint density at radius 1 is 1.06 bits per heavy atom. The van der Waals surface area contributed by atoms with Crippen molar-refractivity contribution >= 4 is 5.97 Å². The standard InChI is InChI=1S/C14H25NO2/c1-11-9-15(10-13(11)14(16)17)12-7-5-3-2-4-6-8-12/h11-13H,2-10H2,1H3,(H,16,17). The molecule has 3 nitrogen and oxygen atoms in total. The van der Waals surface area contributed by atoms with Crippen molar-refractivity contribution in [3.05, 3.63) is 0 Å². The van der Waals surface area contributed by atoms with E-state index < -0.39 is 5.97 Å². The summed E-state index contributed by atoms with van der Waals surface area (Å²) in [4.78, 5) is 13.6. The minimum absolute atomic E-state index is 0.138. The third kappa shape index (κ3) is 3.21. The number of rotatable bonds is 2. The molecule has 1 N–H and O–H groups in total. The first kappa shape index (κ1) is 12.9. The summed E-state index contributed by atoms with van der Waals surface area (Å²) in [6.07, 6.45) is 9.32. The third-order valence-electron chi connectivity index (χ3n) is 4.55. The largest absolute Gasteiger partial charge is 0.481 e. The fourth-order valence-corrected chi connectivity index (χ4v) is 3.42. The lowest BCUT2D eigenvalue weighted by atomic mass is 9.96. The van der Waals surface area contributed by atoms with Crippen LogP contribution in [-0.4, -0.2) is 35.1 Å². The molecule has 2 atom stereocenters. The number of hydrogen-bond donors (Lipinski definition) is 1. The first-order valence-corrected chi connectivity index (χ1v) is 7.15. The molecule has 0 aromatic heterocycles. The number of hydrogen-bond acceptors (Lipinski definition) is 2. The number of likely N-dealkylation sites (tertiary alicyclic amines) is 1. The van der Waals surface area contributed by atoms with Crippen LogP contribution in [0.1, 0.15) is 51.9 Å². The van der Waals surface area contributed by atoms with Crippen molar-refractivity contribution in [1.82, 2.24) is 4.90 Å². The molecule has 98 valence electrons. The summed E-state index contributed by atoms with van der Waals surface area (Å²) in [5.74, 6) is -0.427. The molecule has 1 aliphatic carbocycles. The lowest BCUT2D eigenvalue weighted by Crippen LogP contribution is -2.34. The molecule has 3 heteroatoms. The maximum atomic E-state index is 11.1. The zero-order valence-electron chi connectivity index (χ0n) is 10.9. The second-order valence-electron chi connectivity index (χ2n) is 5.87. The van der Waals surface area contributed by atoms with Crippen LogP contribution in [-0.2, 0) is 4.79 Å². The Labute approximate surface area is 104 Å². The molecule has 0 aromatic carbocycles. The van der Waals surface area contributed by atoms with Crippen LogP contribution in [0.25, 0.3) is 0 Å². The minimum atomic E-state index is -0.606. The number of carbonyl (C=O) groups is 1. The van der Waals surface area contributed by atoms with Crippen molar-refractivity contribution in [3.63, 3.8) is 0 Å². The van der Waals surface area contributed by atoms with Gasteiger partial charge >= 0.3 is 5.97 Å². The van der Waals surface area contributed by atoms with E-state index in [4.69, 9.17) is 0 Å². The molecule has 1 saturated heterocycles. The summed E-state index contributed by atoms with van der Waals surface area (Å²) in [5.41, 5.74) is 0. The van der Waals surface area contributed by atoms with Crippen LogP contribution in [0.15, 0.2) is 0 Å². The second kappa shape index (κ2) is 5.85. The SMILES string of the molecule is CC1CN(C2CCCCCCC2)CC1C(=O)O. The van der Waals surface area contributed by atoms with E-state index in [1.807, 2.05) is 0 Å². The molecule has 1 saturated carbocycles. The lowest BCUT2D eigenvalue weighted by Gasteiger charge is -2.29. The highest BCUT2D eigenvalue weighted by Gasteiger charge is 2.37. The Hall–Kier alpha value is -0.570. The van der Waals surface area contributed by atoms with Gasteiger partial charge < -0.3 is 5.11 Å². The van der Waals surface area contributed by atoms with Gasteiger partial charge in [0.1, 0.15) is 0 Å². The van der Waals surface area contributed by atoms with Crippen molar-refractivity contribution in [2.75, 3.05) is 13.1 Å². The van der Waals surface area contributed by atoms with Crippen LogP contribution in [0, 0.1) is 11.8 Å². The molecule has 0 aromatic rings. The predicted octanol–water partition coefficient (Wildman–Crippen LogP) is 2.75. The zero-order chi connectivity index (χ0) is 12.3. The van der Waals surface area contributed by atoms with E-state index >= 15 is 0 Å². The quantitative estimate of drug-likeness (QED) is 0.805. The van der Waals surface area contributed by atoms with Crippen molar-refractivity contribution in [2.45, 2.75) is 57.9 Å². The molecular formula is C14H25NO2. The van der Waals surface area contributed by atoms with E-state index in [0.29, 0.717) is 12.0 Å². The van der Waals surface area contributed by atoms with Crippen molar-refractivity contribution in [2.24, 2.45) is 11.8 Å². The zero-order valence-corrected chi connectivity index (χ0v) is 10.9. The summed E-state index contributed by atoms with van der Waals surface area (Å²) < 4.78 is 0. The minimum Gasteiger partial charge on any atom is -0.481 e. The van der Waals surface area contributed by atoms with Gasteiger partial charge in [-0.05, 0) is 18.8 Å². The topological polar surface area (TPSA) is 40.5 Å². The van der Waals surface area contributed by atoms with E-state index in [2.05, 4.69) is 11.8 Å². The van der Waals surface area contributed by atoms with Crippen LogP contribution in [0.5, 0.6) is 0 Å². The Kier molecular flexibility index (Phi) is 4.43. The van der Waals surface area contributed by atoms with Crippen LogP contribution < -0.4 is 0 Å². The Balaban J connectivity index is 1.91. The molecule has 0 spiro atoms. The van der Waals surface area contributed by atoms with Crippen molar-refractivity contribution in [3.8, 4) is 0 Å². The van der Waals surface area contributed by atoms with E-state index in [0.717, 1.165) is 13.1 Å². The Morgan fingerprint density at radius 2 is 1.65 bits per heavy atom. The third-order valence-corrected chi connectivity index (χ3v) is 4.55. The van der Waals surface area contributed by atoms with Crippen LogP contribution >= 0.6 is 0 Å². The van der Waals surface area contributed by atoms with E-state index in [1.54, 1.807) is 0 Å². The molecule has 2 aliphatic rings. The van der Waals surface area contributed by atoms with Gasteiger partial charge in [-0.15, -0.1) is 0 Å². The number of carboxylic acid groups (broad SMARTS) is 1. The van der Waals surface area contributed by atoms with Gasteiger partial charge in [0, 0.05) is 19.1 Å². The van der Waals surface area contributed by atoms with Gasteiger partial charge in [-0.3, -0.25) is 9.69 Å². The first-order valence-electron chi connectivity index (χ1n) is 7.15. The van der Waals surface area contributed by atoms with Crippen LogP contribution in [0.2, 0.25) is 0 Å². The highest BCUT2D eigenvalue weighted by Crippen LogP contribution is 2.29.